The highest BCUT2D eigenvalue weighted by atomic mass is 16.6. The number of carbonyl (C=O) groups is 2. The second-order valence-corrected chi connectivity index (χ2v) is 9.04. The molecule has 4 rings (SSSR count). The summed E-state index contributed by atoms with van der Waals surface area (Å²) in [6.07, 6.45) is 0.271. The third-order valence-electron chi connectivity index (χ3n) is 6.53. The summed E-state index contributed by atoms with van der Waals surface area (Å²) < 4.78 is 35.8. The van der Waals surface area contributed by atoms with Crippen LogP contribution in [0.4, 0.5) is 0 Å². The Kier molecular flexibility index (Phi) is 8.84. The van der Waals surface area contributed by atoms with Crippen molar-refractivity contribution in [2.24, 2.45) is 14.1 Å². The number of fused-ring (bicyclic) bond motifs is 1. The first-order valence-electron chi connectivity index (χ1n) is 12.6. The Balaban J connectivity index is 1.64. The molecule has 2 heterocycles. The molecule has 4 aromatic rings. The van der Waals surface area contributed by atoms with Crippen molar-refractivity contribution in [3.8, 4) is 23.0 Å². The minimum Gasteiger partial charge on any atom is -0.493 e. The minimum absolute atomic E-state index is 0.109. The van der Waals surface area contributed by atoms with Crippen LogP contribution in [0.5, 0.6) is 23.0 Å². The van der Waals surface area contributed by atoms with Gasteiger partial charge < -0.3 is 33.0 Å². The zero-order valence-corrected chi connectivity index (χ0v) is 23.9. The summed E-state index contributed by atoms with van der Waals surface area (Å²) in [6, 6.07) is 9.01. The SMILES string of the molecule is COc1ccc(C(=O)OC[C@H](Cn2cnc3c2c(=O)n(C)c(=O)n3C)OC(=O)c2ccc(OC)c(OC)c2)cc1OC. The van der Waals surface area contributed by atoms with Gasteiger partial charge in [-0.1, -0.05) is 0 Å². The molecule has 0 radical (unpaired) electrons. The first-order valence-corrected chi connectivity index (χ1v) is 12.6. The largest absolute Gasteiger partial charge is 0.493 e. The van der Waals surface area contributed by atoms with Gasteiger partial charge >= 0.3 is 17.6 Å². The second kappa shape index (κ2) is 12.5. The van der Waals surface area contributed by atoms with Gasteiger partial charge in [-0.25, -0.2) is 19.4 Å². The molecule has 14 nitrogen and oxygen atoms in total. The maximum atomic E-state index is 13.2. The molecule has 0 amide bonds. The van der Waals surface area contributed by atoms with E-state index in [1.54, 1.807) is 12.1 Å². The highest BCUT2D eigenvalue weighted by Gasteiger charge is 2.24. The van der Waals surface area contributed by atoms with Crippen LogP contribution in [0.1, 0.15) is 20.7 Å². The predicted molar refractivity (Wildman–Crippen MR) is 149 cm³/mol. The van der Waals surface area contributed by atoms with E-state index in [0.29, 0.717) is 23.0 Å². The number of ether oxygens (including phenoxy) is 6. The number of rotatable bonds is 11. The van der Waals surface area contributed by atoms with Gasteiger partial charge in [0.25, 0.3) is 5.56 Å². The number of hydrogen-bond acceptors (Lipinski definition) is 11. The Morgan fingerprint density at radius 2 is 1.33 bits per heavy atom. The van der Waals surface area contributed by atoms with E-state index >= 15 is 0 Å². The summed E-state index contributed by atoms with van der Waals surface area (Å²) >= 11 is 0. The zero-order valence-electron chi connectivity index (χ0n) is 23.9. The Bertz CT molecular complexity index is 1750. The first kappa shape index (κ1) is 29.7. The summed E-state index contributed by atoms with van der Waals surface area (Å²) in [5.41, 5.74) is -0.545. The van der Waals surface area contributed by atoms with Gasteiger partial charge in [-0.05, 0) is 36.4 Å². The van der Waals surface area contributed by atoms with Crippen LogP contribution >= 0.6 is 0 Å². The minimum atomic E-state index is -1.07. The van der Waals surface area contributed by atoms with Crippen LogP contribution in [-0.4, -0.2) is 71.8 Å². The highest BCUT2D eigenvalue weighted by molar-refractivity contribution is 5.91. The van der Waals surface area contributed by atoms with Gasteiger partial charge in [0.2, 0.25) is 0 Å². The van der Waals surface area contributed by atoms with Crippen LogP contribution in [0.25, 0.3) is 11.2 Å². The molecular formula is C28H30N4O10. The number of esters is 2. The van der Waals surface area contributed by atoms with E-state index in [1.165, 1.54) is 82.3 Å². The molecule has 14 heteroatoms. The molecule has 1 atom stereocenters. The van der Waals surface area contributed by atoms with Gasteiger partial charge in [-0.3, -0.25) is 13.9 Å². The molecule has 0 N–H and O–H groups in total. The molecule has 42 heavy (non-hydrogen) atoms. The average molecular weight is 583 g/mol. The number of nitrogens with zero attached hydrogens (tertiary/aromatic N) is 4. The number of benzene rings is 2. The summed E-state index contributed by atoms with van der Waals surface area (Å²) in [5, 5.41) is 0. The van der Waals surface area contributed by atoms with Crippen LogP contribution in [0.3, 0.4) is 0 Å². The predicted octanol–water partition coefficient (Wildman–Crippen LogP) is 1.55. The molecule has 0 saturated carbocycles. The fourth-order valence-electron chi connectivity index (χ4n) is 4.28. The maximum absolute atomic E-state index is 13.2. The molecule has 0 aliphatic carbocycles. The monoisotopic (exact) mass is 582 g/mol. The summed E-state index contributed by atoms with van der Waals surface area (Å²) in [6.45, 7) is -0.500. The summed E-state index contributed by atoms with van der Waals surface area (Å²) in [7, 11) is 8.64. The Morgan fingerprint density at radius 1 is 0.786 bits per heavy atom. The fraction of sp³-hybridized carbons (Fsp3) is 0.321. The lowest BCUT2D eigenvalue weighted by atomic mass is 10.2. The number of carbonyl (C=O) groups excluding carboxylic acids is 2. The Hall–Kier alpha value is -5.27. The third-order valence-corrected chi connectivity index (χ3v) is 6.53. The van der Waals surface area contributed by atoms with Crippen molar-refractivity contribution in [2.75, 3.05) is 35.0 Å². The van der Waals surface area contributed by atoms with Crippen molar-refractivity contribution in [1.82, 2.24) is 18.7 Å². The quantitative estimate of drug-likeness (QED) is 0.237. The lowest BCUT2D eigenvalue weighted by Gasteiger charge is -2.19. The van der Waals surface area contributed by atoms with Crippen LogP contribution in [0, 0.1) is 0 Å². The van der Waals surface area contributed by atoms with Crippen molar-refractivity contribution in [1.29, 1.82) is 0 Å². The van der Waals surface area contributed by atoms with Crippen LogP contribution in [0.2, 0.25) is 0 Å². The lowest BCUT2D eigenvalue weighted by molar-refractivity contribution is -0.00492. The fourth-order valence-corrected chi connectivity index (χ4v) is 4.28. The number of imidazole rings is 1. The lowest BCUT2D eigenvalue weighted by Crippen LogP contribution is -2.38. The molecule has 0 unspecified atom stereocenters. The molecule has 0 fully saturated rings. The Morgan fingerprint density at radius 3 is 1.88 bits per heavy atom. The van der Waals surface area contributed by atoms with E-state index in [2.05, 4.69) is 4.98 Å². The van der Waals surface area contributed by atoms with E-state index in [0.717, 1.165) is 4.57 Å². The van der Waals surface area contributed by atoms with E-state index in [1.807, 2.05) is 0 Å². The van der Waals surface area contributed by atoms with Crippen LogP contribution < -0.4 is 30.2 Å². The molecule has 0 saturated heterocycles. The standard InChI is InChI=1S/C28H30N4O10/c1-30-24-23(25(33)31(2)28(30)36)32(15-29-24)13-18(42-27(35)17-8-10-20(38-4)22(12-17)40-6)14-41-26(34)16-7-9-19(37-3)21(11-16)39-5/h7-12,15,18H,13-14H2,1-6H3/t18-/m0/s1. The molecule has 0 spiro atoms. The number of aryl methyl sites for hydroxylation is 1. The van der Waals surface area contributed by atoms with Gasteiger partial charge in [0.15, 0.2) is 40.3 Å². The van der Waals surface area contributed by atoms with E-state index < -0.39 is 29.3 Å². The molecule has 2 aromatic heterocycles. The average Bonchev–Trinajstić information content (AvgIpc) is 3.44. The molecule has 0 aliphatic heterocycles. The summed E-state index contributed by atoms with van der Waals surface area (Å²) in [5.74, 6) is 0.0346. The van der Waals surface area contributed by atoms with Gasteiger partial charge in [0.1, 0.15) is 6.61 Å². The number of hydrogen-bond donors (Lipinski definition) is 0. The Labute approximate surface area is 239 Å². The van der Waals surface area contributed by atoms with Gasteiger partial charge in [-0.15, -0.1) is 0 Å². The van der Waals surface area contributed by atoms with Crippen molar-refractivity contribution in [3.05, 3.63) is 74.7 Å². The van der Waals surface area contributed by atoms with Crippen molar-refractivity contribution in [2.45, 2.75) is 12.6 Å². The number of methoxy groups -OCH3 is 4. The topological polar surface area (TPSA) is 151 Å². The van der Waals surface area contributed by atoms with Gasteiger partial charge in [0.05, 0.1) is 52.4 Å². The number of aromatic nitrogens is 4. The summed E-state index contributed by atoms with van der Waals surface area (Å²) in [4.78, 5) is 55.6. The van der Waals surface area contributed by atoms with Crippen LogP contribution in [-0.2, 0) is 30.1 Å². The van der Waals surface area contributed by atoms with Gasteiger partial charge in [-0.2, -0.15) is 0 Å². The first-order chi connectivity index (χ1) is 20.1. The van der Waals surface area contributed by atoms with Gasteiger partial charge in [0, 0.05) is 14.1 Å². The van der Waals surface area contributed by atoms with Crippen LogP contribution in [0.15, 0.2) is 52.3 Å². The van der Waals surface area contributed by atoms with E-state index in [-0.39, 0.29) is 35.4 Å². The molecule has 0 bridgehead atoms. The molecule has 2 aromatic carbocycles. The van der Waals surface area contributed by atoms with E-state index in [9.17, 15) is 19.2 Å². The smallest absolute Gasteiger partial charge is 0.338 e. The van der Waals surface area contributed by atoms with Crippen molar-refractivity contribution < 1.29 is 38.0 Å². The maximum Gasteiger partial charge on any atom is 0.338 e. The molecule has 0 aliphatic rings. The normalized spacial score (nSPS) is 11.6. The third kappa shape index (κ3) is 5.77. The van der Waals surface area contributed by atoms with E-state index in [4.69, 9.17) is 28.4 Å². The van der Waals surface area contributed by atoms with Crippen molar-refractivity contribution >= 4 is 23.1 Å². The zero-order chi connectivity index (χ0) is 30.6. The molecular weight excluding hydrogens is 552 g/mol. The molecule has 222 valence electrons. The second-order valence-electron chi connectivity index (χ2n) is 9.04. The highest BCUT2D eigenvalue weighted by Crippen LogP contribution is 2.29. The van der Waals surface area contributed by atoms with Crippen molar-refractivity contribution in [3.63, 3.8) is 0 Å².